The molecule has 0 aromatic heterocycles. The zero-order valence-corrected chi connectivity index (χ0v) is 16.0. The number of rotatable bonds is 4. The van der Waals surface area contributed by atoms with Gasteiger partial charge in [-0.3, -0.25) is 4.79 Å². The molecule has 2 aliphatic rings. The molecule has 132 valence electrons. The van der Waals surface area contributed by atoms with Crippen molar-refractivity contribution in [3.05, 3.63) is 29.3 Å². The summed E-state index contributed by atoms with van der Waals surface area (Å²) in [5, 5.41) is 0.652. The lowest BCUT2D eigenvalue weighted by Crippen LogP contribution is -2.51. The molecule has 1 aliphatic heterocycles. The van der Waals surface area contributed by atoms with E-state index in [0.717, 1.165) is 6.42 Å². The van der Waals surface area contributed by atoms with Gasteiger partial charge in [0.1, 0.15) is 5.75 Å². The zero-order chi connectivity index (χ0) is 17.3. The van der Waals surface area contributed by atoms with Gasteiger partial charge in [0, 0.05) is 9.77 Å². The standard InChI is InChI=1S/C19H25ClO3S/c1-12-4-9-15-17(10-12)23-18(24-19(15,2)3)16(21)11-22-14-7-5-13(20)6-8-14/h5-8,12,15,17-18H,4,9-11H2,1-3H3/t12-,15-,17-,18-/m1/s1. The van der Waals surface area contributed by atoms with Crippen molar-refractivity contribution in [1.82, 2.24) is 0 Å². The average Bonchev–Trinajstić information content (AvgIpc) is 2.52. The Labute approximate surface area is 153 Å². The highest BCUT2D eigenvalue weighted by molar-refractivity contribution is 8.01. The first-order valence-electron chi connectivity index (χ1n) is 8.59. The van der Waals surface area contributed by atoms with Crippen molar-refractivity contribution in [1.29, 1.82) is 0 Å². The molecule has 24 heavy (non-hydrogen) atoms. The largest absolute Gasteiger partial charge is 0.486 e. The number of carbonyl (C=O) groups is 1. The molecule has 1 aliphatic carbocycles. The second kappa shape index (κ2) is 7.27. The molecule has 2 fully saturated rings. The quantitative estimate of drug-likeness (QED) is 0.752. The van der Waals surface area contributed by atoms with Gasteiger partial charge in [0.15, 0.2) is 12.0 Å². The van der Waals surface area contributed by atoms with Crippen LogP contribution in [0.1, 0.15) is 40.0 Å². The number of ether oxygens (including phenoxy) is 2. The van der Waals surface area contributed by atoms with Gasteiger partial charge in [-0.05, 0) is 48.9 Å². The zero-order valence-electron chi connectivity index (χ0n) is 14.5. The van der Waals surface area contributed by atoms with E-state index in [1.165, 1.54) is 12.8 Å². The second-order valence-corrected chi connectivity index (χ2v) is 9.61. The molecule has 1 saturated heterocycles. The van der Waals surface area contributed by atoms with Crippen molar-refractivity contribution in [2.45, 2.75) is 56.3 Å². The van der Waals surface area contributed by atoms with Crippen LogP contribution in [0.3, 0.4) is 0 Å². The van der Waals surface area contributed by atoms with Crippen LogP contribution in [-0.2, 0) is 9.53 Å². The molecule has 1 aromatic carbocycles. The van der Waals surface area contributed by atoms with Crippen LogP contribution >= 0.6 is 23.4 Å². The molecule has 5 heteroatoms. The molecule has 3 nitrogen and oxygen atoms in total. The first-order valence-corrected chi connectivity index (χ1v) is 9.85. The molecule has 1 saturated carbocycles. The van der Waals surface area contributed by atoms with Gasteiger partial charge < -0.3 is 9.47 Å². The number of benzene rings is 1. The Kier molecular flexibility index (Phi) is 5.48. The van der Waals surface area contributed by atoms with Crippen LogP contribution in [-0.4, -0.2) is 28.7 Å². The van der Waals surface area contributed by atoms with Crippen LogP contribution < -0.4 is 4.74 Å². The van der Waals surface area contributed by atoms with E-state index in [9.17, 15) is 4.79 Å². The van der Waals surface area contributed by atoms with E-state index in [-0.39, 0.29) is 23.2 Å². The third-order valence-corrected chi connectivity index (χ3v) is 6.86. The fourth-order valence-electron chi connectivity index (χ4n) is 3.72. The summed E-state index contributed by atoms with van der Waals surface area (Å²) in [5.74, 6) is 1.85. The number of hydrogen-bond acceptors (Lipinski definition) is 4. The molecule has 0 unspecified atom stereocenters. The molecule has 1 aromatic rings. The highest BCUT2D eigenvalue weighted by Crippen LogP contribution is 2.50. The first-order chi connectivity index (χ1) is 11.3. The van der Waals surface area contributed by atoms with E-state index in [2.05, 4.69) is 20.8 Å². The summed E-state index contributed by atoms with van der Waals surface area (Å²) < 4.78 is 11.8. The minimum absolute atomic E-state index is 0.000276. The first kappa shape index (κ1) is 18.1. The normalized spacial score (nSPS) is 32.0. The molecule has 0 bridgehead atoms. The Balaban J connectivity index is 1.61. The van der Waals surface area contributed by atoms with Crippen molar-refractivity contribution in [2.75, 3.05) is 6.61 Å². The Morgan fingerprint density at radius 1 is 1.33 bits per heavy atom. The van der Waals surface area contributed by atoms with Crippen LogP contribution in [0.4, 0.5) is 0 Å². The maximum atomic E-state index is 12.6. The van der Waals surface area contributed by atoms with Crippen molar-refractivity contribution >= 4 is 29.1 Å². The summed E-state index contributed by atoms with van der Waals surface area (Å²) in [6.45, 7) is 6.79. The van der Waals surface area contributed by atoms with E-state index in [1.807, 2.05) is 0 Å². The molecule has 0 N–H and O–H groups in total. The van der Waals surface area contributed by atoms with Gasteiger partial charge in [-0.2, -0.15) is 0 Å². The monoisotopic (exact) mass is 368 g/mol. The van der Waals surface area contributed by atoms with Crippen molar-refractivity contribution in [3.8, 4) is 5.75 Å². The van der Waals surface area contributed by atoms with Crippen LogP contribution in [0.2, 0.25) is 5.02 Å². The van der Waals surface area contributed by atoms with E-state index < -0.39 is 5.44 Å². The Bertz CT molecular complexity index is 587. The van der Waals surface area contributed by atoms with Gasteiger partial charge in [-0.25, -0.2) is 0 Å². The highest BCUT2D eigenvalue weighted by Gasteiger charge is 2.48. The lowest BCUT2D eigenvalue weighted by molar-refractivity contribution is -0.136. The minimum Gasteiger partial charge on any atom is -0.486 e. The minimum atomic E-state index is -0.432. The third-order valence-electron chi connectivity index (χ3n) is 5.11. The Morgan fingerprint density at radius 3 is 2.75 bits per heavy atom. The van der Waals surface area contributed by atoms with E-state index >= 15 is 0 Å². The topological polar surface area (TPSA) is 35.5 Å². The van der Waals surface area contributed by atoms with Gasteiger partial charge in [0.2, 0.25) is 5.78 Å². The van der Waals surface area contributed by atoms with Crippen molar-refractivity contribution in [2.24, 2.45) is 11.8 Å². The maximum absolute atomic E-state index is 12.6. The summed E-state index contributed by atoms with van der Waals surface area (Å²) in [5.41, 5.74) is -0.432. The Morgan fingerprint density at radius 2 is 2.04 bits per heavy atom. The summed E-state index contributed by atoms with van der Waals surface area (Å²) in [6, 6.07) is 7.05. The van der Waals surface area contributed by atoms with E-state index in [0.29, 0.717) is 22.6 Å². The summed E-state index contributed by atoms with van der Waals surface area (Å²) in [6.07, 6.45) is 3.69. The van der Waals surface area contributed by atoms with Crippen molar-refractivity contribution in [3.63, 3.8) is 0 Å². The van der Waals surface area contributed by atoms with Gasteiger partial charge in [-0.15, -0.1) is 11.8 Å². The fraction of sp³-hybridized carbons (Fsp3) is 0.632. The van der Waals surface area contributed by atoms with Crippen LogP contribution in [0.5, 0.6) is 5.75 Å². The van der Waals surface area contributed by atoms with Gasteiger partial charge in [0.25, 0.3) is 0 Å². The highest BCUT2D eigenvalue weighted by atomic mass is 35.5. The third kappa shape index (κ3) is 4.09. The molecular weight excluding hydrogens is 344 g/mol. The molecule has 1 heterocycles. The number of fused-ring (bicyclic) bond motifs is 1. The number of halogens is 1. The summed E-state index contributed by atoms with van der Waals surface area (Å²) >= 11 is 7.51. The lowest BCUT2D eigenvalue weighted by atomic mass is 9.75. The van der Waals surface area contributed by atoms with Crippen LogP contribution in [0, 0.1) is 11.8 Å². The molecule has 3 rings (SSSR count). The van der Waals surface area contributed by atoms with Gasteiger partial charge in [0.05, 0.1) is 6.10 Å². The number of hydrogen-bond donors (Lipinski definition) is 0. The van der Waals surface area contributed by atoms with Crippen LogP contribution in [0.15, 0.2) is 24.3 Å². The average molecular weight is 369 g/mol. The molecule has 0 spiro atoms. The molecule has 0 amide bonds. The van der Waals surface area contributed by atoms with Gasteiger partial charge >= 0.3 is 0 Å². The van der Waals surface area contributed by atoms with Crippen LogP contribution in [0.25, 0.3) is 0 Å². The summed E-state index contributed by atoms with van der Waals surface area (Å²) in [7, 11) is 0. The van der Waals surface area contributed by atoms with E-state index in [4.69, 9.17) is 21.1 Å². The number of Topliss-reactive ketones (excluding diaryl/α,β-unsaturated/α-hetero) is 1. The fourth-order valence-corrected chi connectivity index (χ4v) is 5.24. The maximum Gasteiger partial charge on any atom is 0.209 e. The Hall–Kier alpha value is -0.710. The molecule has 4 atom stereocenters. The molecule has 0 radical (unpaired) electrons. The second-order valence-electron chi connectivity index (χ2n) is 7.46. The lowest BCUT2D eigenvalue weighted by Gasteiger charge is -2.49. The smallest absolute Gasteiger partial charge is 0.209 e. The van der Waals surface area contributed by atoms with E-state index in [1.54, 1.807) is 36.0 Å². The number of ketones is 1. The molecular formula is C19H25ClO3S. The number of thioether (sulfide) groups is 1. The van der Waals surface area contributed by atoms with Gasteiger partial charge in [-0.1, -0.05) is 38.8 Å². The summed E-state index contributed by atoms with van der Waals surface area (Å²) in [4.78, 5) is 12.6. The number of carbonyl (C=O) groups excluding carboxylic acids is 1. The SMILES string of the molecule is C[C@@H]1CC[C@@H]2[C@@H](C1)O[C@@H](C(=O)COc1ccc(Cl)cc1)SC2(C)C. The predicted octanol–water partition coefficient (Wildman–Crippen LogP) is 4.96. The predicted molar refractivity (Wildman–Crippen MR) is 98.8 cm³/mol. The van der Waals surface area contributed by atoms with Crippen molar-refractivity contribution < 1.29 is 14.3 Å².